The second-order valence-corrected chi connectivity index (χ2v) is 9.57. The summed E-state index contributed by atoms with van der Waals surface area (Å²) < 4.78 is 5.93. The number of hydrogen-bond donors (Lipinski definition) is 2. The molecule has 0 aliphatic heterocycles. The maximum atomic E-state index is 12.7. The van der Waals surface area contributed by atoms with Crippen molar-refractivity contribution in [2.24, 2.45) is 0 Å². The molecule has 0 aliphatic rings. The Morgan fingerprint density at radius 1 is 0.641 bits per heavy atom. The lowest BCUT2D eigenvalue weighted by Crippen LogP contribution is -2.13. The number of carbonyl (C=O) groups excluding carboxylic acids is 2. The van der Waals surface area contributed by atoms with Gasteiger partial charge in [-0.05, 0) is 91.0 Å². The second kappa shape index (κ2) is 10.7. The molecule has 8 nitrogen and oxygen atoms in total. The Morgan fingerprint density at radius 2 is 1.13 bits per heavy atom. The first-order valence-electron chi connectivity index (χ1n) is 12.5. The van der Waals surface area contributed by atoms with E-state index in [1.807, 2.05) is 74.4 Å². The highest BCUT2D eigenvalue weighted by molar-refractivity contribution is 6.05. The van der Waals surface area contributed by atoms with Gasteiger partial charge in [-0.3, -0.25) is 9.59 Å². The van der Waals surface area contributed by atoms with Gasteiger partial charge in [-0.2, -0.15) is 0 Å². The third kappa shape index (κ3) is 5.75. The fourth-order valence-electron chi connectivity index (χ4n) is 4.05. The predicted molar refractivity (Wildman–Crippen MR) is 157 cm³/mol. The van der Waals surface area contributed by atoms with Crippen molar-refractivity contribution in [3.05, 3.63) is 102 Å². The Hall–Kier alpha value is -5.11. The molecule has 0 saturated carbocycles. The molecular formula is C31H29N5O3. The average Bonchev–Trinajstić information content (AvgIpc) is 3.37. The average molecular weight is 520 g/mol. The SMILES string of the molecule is CN(C)c1ccc(NC(=O)c2ccc(-c3nc4cc(NC(=O)c5ccc(N(C)C)cc5)ccc4o3)cc2)cc1. The molecule has 0 radical (unpaired) electrons. The van der Waals surface area contributed by atoms with Gasteiger partial charge in [0.1, 0.15) is 5.52 Å². The van der Waals surface area contributed by atoms with Gasteiger partial charge in [0, 0.05) is 67.6 Å². The lowest BCUT2D eigenvalue weighted by Gasteiger charge is -2.13. The van der Waals surface area contributed by atoms with Crippen LogP contribution < -0.4 is 20.4 Å². The van der Waals surface area contributed by atoms with Crippen LogP contribution in [0.25, 0.3) is 22.6 Å². The van der Waals surface area contributed by atoms with Crippen LogP contribution in [0.5, 0.6) is 0 Å². The van der Waals surface area contributed by atoms with E-state index in [1.54, 1.807) is 54.6 Å². The van der Waals surface area contributed by atoms with E-state index in [0.717, 1.165) is 22.6 Å². The number of nitrogens with one attached hydrogen (secondary N) is 2. The van der Waals surface area contributed by atoms with Gasteiger partial charge in [0.25, 0.3) is 11.8 Å². The summed E-state index contributed by atoms with van der Waals surface area (Å²) in [4.78, 5) is 34.0. The number of benzene rings is 4. The number of carbonyl (C=O) groups is 2. The van der Waals surface area contributed by atoms with Gasteiger partial charge in [0.2, 0.25) is 5.89 Å². The molecule has 2 amide bonds. The van der Waals surface area contributed by atoms with E-state index >= 15 is 0 Å². The van der Waals surface area contributed by atoms with Crippen molar-refractivity contribution < 1.29 is 14.0 Å². The topological polar surface area (TPSA) is 90.7 Å². The highest BCUT2D eigenvalue weighted by Crippen LogP contribution is 2.27. The van der Waals surface area contributed by atoms with Crippen LogP contribution in [-0.4, -0.2) is 45.0 Å². The van der Waals surface area contributed by atoms with Crippen LogP contribution in [0.15, 0.2) is 95.4 Å². The molecule has 0 bridgehead atoms. The van der Waals surface area contributed by atoms with Crippen LogP contribution in [0.4, 0.5) is 22.7 Å². The summed E-state index contributed by atoms with van der Waals surface area (Å²) in [6.45, 7) is 0. The van der Waals surface area contributed by atoms with Crippen LogP contribution in [0, 0.1) is 0 Å². The molecule has 5 aromatic rings. The molecule has 0 unspecified atom stereocenters. The molecule has 1 heterocycles. The van der Waals surface area contributed by atoms with Crippen molar-refractivity contribution in [1.82, 2.24) is 4.98 Å². The lowest BCUT2D eigenvalue weighted by atomic mass is 10.1. The number of hydrogen-bond acceptors (Lipinski definition) is 6. The number of rotatable bonds is 7. The van der Waals surface area contributed by atoms with Gasteiger partial charge < -0.3 is 24.9 Å². The highest BCUT2D eigenvalue weighted by atomic mass is 16.3. The van der Waals surface area contributed by atoms with Gasteiger partial charge >= 0.3 is 0 Å². The minimum Gasteiger partial charge on any atom is -0.436 e. The molecular weight excluding hydrogens is 490 g/mol. The van der Waals surface area contributed by atoms with Crippen molar-refractivity contribution in [3.8, 4) is 11.5 Å². The summed E-state index contributed by atoms with van der Waals surface area (Å²) in [5.41, 5.74) is 6.47. The fourth-order valence-corrected chi connectivity index (χ4v) is 4.05. The number of anilines is 4. The summed E-state index contributed by atoms with van der Waals surface area (Å²) in [5, 5.41) is 5.83. The number of fused-ring (bicyclic) bond motifs is 1. The zero-order valence-electron chi connectivity index (χ0n) is 22.2. The standard InChI is InChI=1S/C31H29N5O3/c1-35(2)25-14-9-21(10-15-25)30(38)33-24-13-18-28-27(19-24)34-31(39-28)22-7-5-20(6-8-22)29(37)32-23-11-16-26(17-12-23)36(3)4/h5-19H,1-4H3,(H,32,37)(H,33,38). The monoisotopic (exact) mass is 519 g/mol. The van der Waals surface area contributed by atoms with E-state index in [2.05, 4.69) is 15.6 Å². The van der Waals surface area contributed by atoms with Gasteiger partial charge in [-0.15, -0.1) is 0 Å². The van der Waals surface area contributed by atoms with Gasteiger partial charge in [-0.25, -0.2) is 4.98 Å². The molecule has 5 rings (SSSR count). The summed E-state index contributed by atoms with van der Waals surface area (Å²) in [7, 11) is 7.84. The smallest absolute Gasteiger partial charge is 0.255 e. The van der Waals surface area contributed by atoms with E-state index < -0.39 is 0 Å². The minimum absolute atomic E-state index is 0.201. The Kier molecular flexibility index (Phi) is 7.01. The summed E-state index contributed by atoms with van der Waals surface area (Å²) >= 11 is 0. The number of aromatic nitrogens is 1. The minimum atomic E-state index is -0.203. The third-order valence-electron chi connectivity index (χ3n) is 6.33. The first-order valence-corrected chi connectivity index (χ1v) is 12.5. The van der Waals surface area contributed by atoms with Gasteiger partial charge in [-0.1, -0.05) is 0 Å². The molecule has 8 heteroatoms. The molecule has 2 N–H and O–H groups in total. The maximum absolute atomic E-state index is 12.7. The number of oxazole rings is 1. The Balaban J connectivity index is 1.26. The van der Waals surface area contributed by atoms with Crippen molar-refractivity contribution in [3.63, 3.8) is 0 Å². The first-order chi connectivity index (χ1) is 18.8. The van der Waals surface area contributed by atoms with E-state index in [1.165, 1.54) is 0 Å². The second-order valence-electron chi connectivity index (χ2n) is 9.57. The number of amides is 2. The summed E-state index contributed by atoms with van der Waals surface area (Å²) in [6.07, 6.45) is 0. The normalized spacial score (nSPS) is 10.8. The zero-order chi connectivity index (χ0) is 27.5. The molecule has 0 fully saturated rings. The number of nitrogens with zero attached hydrogens (tertiary/aromatic N) is 3. The quantitative estimate of drug-likeness (QED) is 0.269. The highest BCUT2D eigenvalue weighted by Gasteiger charge is 2.13. The molecule has 0 spiro atoms. The Labute approximate surface area is 226 Å². The predicted octanol–water partition coefficient (Wildman–Crippen LogP) is 6.13. The zero-order valence-corrected chi connectivity index (χ0v) is 22.2. The molecule has 0 saturated heterocycles. The van der Waals surface area contributed by atoms with E-state index in [0.29, 0.717) is 33.8 Å². The van der Waals surface area contributed by atoms with Crippen LogP contribution >= 0.6 is 0 Å². The third-order valence-corrected chi connectivity index (χ3v) is 6.33. The van der Waals surface area contributed by atoms with Crippen molar-refractivity contribution in [2.75, 3.05) is 48.6 Å². The molecule has 196 valence electrons. The molecule has 0 atom stereocenters. The van der Waals surface area contributed by atoms with Crippen molar-refractivity contribution in [2.45, 2.75) is 0 Å². The summed E-state index contributed by atoms with van der Waals surface area (Å²) in [5.74, 6) is 0.0262. The van der Waals surface area contributed by atoms with Crippen LogP contribution in [0.1, 0.15) is 20.7 Å². The van der Waals surface area contributed by atoms with E-state index in [4.69, 9.17) is 4.42 Å². The van der Waals surface area contributed by atoms with Crippen LogP contribution in [0.2, 0.25) is 0 Å². The fraction of sp³-hybridized carbons (Fsp3) is 0.129. The molecule has 4 aromatic carbocycles. The van der Waals surface area contributed by atoms with Crippen molar-refractivity contribution >= 4 is 45.7 Å². The Morgan fingerprint density at radius 3 is 1.69 bits per heavy atom. The lowest BCUT2D eigenvalue weighted by molar-refractivity contribution is 0.101. The van der Waals surface area contributed by atoms with E-state index in [-0.39, 0.29) is 11.8 Å². The Bertz CT molecular complexity index is 1620. The van der Waals surface area contributed by atoms with Crippen molar-refractivity contribution in [1.29, 1.82) is 0 Å². The van der Waals surface area contributed by atoms with Crippen LogP contribution in [0.3, 0.4) is 0 Å². The first kappa shape index (κ1) is 25.5. The maximum Gasteiger partial charge on any atom is 0.255 e. The van der Waals surface area contributed by atoms with E-state index in [9.17, 15) is 9.59 Å². The van der Waals surface area contributed by atoms with Gasteiger partial charge in [0.15, 0.2) is 5.58 Å². The molecule has 1 aromatic heterocycles. The molecule has 39 heavy (non-hydrogen) atoms. The van der Waals surface area contributed by atoms with Gasteiger partial charge in [0.05, 0.1) is 0 Å². The van der Waals surface area contributed by atoms with Crippen LogP contribution in [-0.2, 0) is 0 Å². The summed E-state index contributed by atoms with van der Waals surface area (Å²) in [6, 6.07) is 27.4. The molecule has 0 aliphatic carbocycles. The largest absolute Gasteiger partial charge is 0.436 e.